The molecule has 0 fully saturated rings. The van der Waals surface area contributed by atoms with Crippen LogP contribution in [0.15, 0.2) is 24.5 Å². The van der Waals surface area contributed by atoms with Crippen LogP contribution in [0.1, 0.15) is 12.5 Å². The molecule has 2 aromatic rings. The first-order chi connectivity index (χ1) is 10.5. The number of nitrogens with one attached hydrogen (secondary N) is 1. The minimum atomic E-state index is -1.03. The van der Waals surface area contributed by atoms with E-state index in [1.165, 1.54) is 24.0 Å². The Morgan fingerprint density at radius 1 is 1.45 bits per heavy atom. The monoisotopic (exact) mass is 307 g/mol. The molecule has 0 aliphatic heterocycles. The van der Waals surface area contributed by atoms with Crippen LogP contribution in [0, 0.1) is 12.7 Å². The maximum absolute atomic E-state index is 13.4. The number of nitrogens with zero attached hydrogens (tertiary/aromatic N) is 4. The lowest BCUT2D eigenvalue weighted by Gasteiger charge is -2.13. The average molecular weight is 307 g/mol. The fourth-order valence-corrected chi connectivity index (χ4v) is 1.59. The molecule has 0 bridgehead atoms. The number of rotatable bonds is 5. The number of carbonyl (C=O) groups is 2. The topological polar surface area (TPSA) is 99.0 Å². The molecule has 0 saturated heterocycles. The second kappa shape index (κ2) is 6.74. The van der Waals surface area contributed by atoms with Crippen molar-refractivity contribution < 1.29 is 18.7 Å². The first-order valence-electron chi connectivity index (χ1n) is 6.43. The van der Waals surface area contributed by atoms with Gasteiger partial charge in [0.05, 0.1) is 0 Å². The van der Waals surface area contributed by atoms with Crippen molar-refractivity contribution in [1.82, 2.24) is 20.2 Å². The molecule has 0 aliphatic rings. The third-order valence-electron chi connectivity index (χ3n) is 2.80. The molecule has 1 amide bonds. The van der Waals surface area contributed by atoms with Crippen LogP contribution in [0.5, 0.6) is 0 Å². The Morgan fingerprint density at radius 3 is 2.86 bits per heavy atom. The van der Waals surface area contributed by atoms with Crippen molar-refractivity contribution in [3.8, 4) is 0 Å². The number of carbonyl (C=O) groups excluding carboxylic acids is 2. The third-order valence-corrected chi connectivity index (χ3v) is 2.80. The standard InChI is InChI=1S/C13H14FN5O3/c1-8-3-4-10(5-11(8)14)16-13(21)9(2)22-12(20)6-19-7-15-17-18-19/h3-5,7,9H,6H2,1-2H3,(H,16,21)/t9-/m1/s1. The van der Waals surface area contributed by atoms with Crippen molar-refractivity contribution in [2.45, 2.75) is 26.5 Å². The van der Waals surface area contributed by atoms with Crippen LogP contribution in [0.2, 0.25) is 0 Å². The first kappa shape index (κ1) is 15.5. The number of amides is 1. The highest BCUT2D eigenvalue weighted by Gasteiger charge is 2.18. The molecule has 0 radical (unpaired) electrons. The van der Waals surface area contributed by atoms with E-state index >= 15 is 0 Å². The maximum atomic E-state index is 13.4. The minimum Gasteiger partial charge on any atom is -0.451 e. The van der Waals surface area contributed by atoms with Crippen molar-refractivity contribution in [2.75, 3.05) is 5.32 Å². The SMILES string of the molecule is Cc1ccc(NC(=O)[C@@H](C)OC(=O)Cn2cnnn2)cc1F. The number of esters is 1. The van der Waals surface area contributed by atoms with Crippen LogP contribution in [0.3, 0.4) is 0 Å². The van der Waals surface area contributed by atoms with E-state index in [1.807, 2.05) is 0 Å². The number of tetrazole rings is 1. The van der Waals surface area contributed by atoms with Crippen LogP contribution < -0.4 is 5.32 Å². The zero-order chi connectivity index (χ0) is 16.1. The van der Waals surface area contributed by atoms with Crippen LogP contribution in [-0.4, -0.2) is 38.2 Å². The number of hydrogen-bond donors (Lipinski definition) is 1. The highest BCUT2D eigenvalue weighted by atomic mass is 19.1. The van der Waals surface area contributed by atoms with Gasteiger partial charge < -0.3 is 10.1 Å². The lowest BCUT2D eigenvalue weighted by Crippen LogP contribution is -2.31. The van der Waals surface area contributed by atoms with Gasteiger partial charge in [0.25, 0.3) is 5.91 Å². The fourth-order valence-electron chi connectivity index (χ4n) is 1.59. The molecule has 8 nitrogen and oxygen atoms in total. The van der Waals surface area contributed by atoms with E-state index in [-0.39, 0.29) is 12.2 Å². The number of halogens is 1. The second-order valence-electron chi connectivity index (χ2n) is 4.59. The Hall–Kier alpha value is -2.84. The molecule has 0 spiro atoms. The van der Waals surface area contributed by atoms with E-state index in [0.29, 0.717) is 5.56 Å². The first-order valence-corrected chi connectivity index (χ1v) is 6.43. The van der Waals surface area contributed by atoms with Crippen molar-refractivity contribution in [2.24, 2.45) is 0 Å². The Balaban J connectivity index is 1.88. The normalized spacial score (nSPS) is 11.8. The number of anilines is 1. The van der Waals surface area contributed by atoms with E-state index in [9.17, 15) is 14.0 Å². The zero-order valence-corrected chi connectivity index (χ0v) is 12.0. The Bertz CT molecular complexity index is 674. The molecule has 0 aliphatic carbocycles. The number of aryl methyl sites for hydroxylation is 1. The predicted octanol–water partition coefficient (Wildman–Crippen LogP) is 0.691. The highest BCUT2D eigenvalue weighted by molar-refractivity contribution is 5.95. The molecule has 0 unspecified atom stereocenters. The van der Waals surface area contributed by atoms with Crippen LogP contribution in [0.4, 0.5) is 10.1 Å². The molecule has 1 N–H and O–H groups in total. The van der Waals surface area contributed by atoms with Crippen LogP contribution in [-0.2, 0) is 20.9 Å². The van der Waals surface area contributed by atoms with E-state index in [0.717, 1.165) is 0 Å². The summed E-state index contributed by atoms with van der Waals surface area (Å²) in [6.45, 7) is 2.82. The highest BCUT2D eigenvalue weighted by Crippen LogP contribution is 2.14. The summed E-state index contributed by atoms with van der Waals surface area (Å²) in [5.74, 6) is -1.65. The molecule has 1 atom stereocenters. The molecular weight excluding hydrogens is 293 g/mol. The number of hydrogen-bond acceptors (Lipinski definition) is 6. The Labute approximate surface area is 125 Å². The molecule has 1 heterocycles. The smallest absolute Gasteiger partial charge is 0.328 e. The molecule has 9 heteroatoms. The summed E-state index contributed by atoms with van der Waals surface area (Å²) in [7, 11) is 0. The van der Waals surface area contributed by atoms with E-state index < -0.39 is 23.8 Å². The summed E-state index contributed by atoms with van der Waals surface area (Å²) >= 11 is 0. The zero-order valence-electron chi connectivity index (χ0n) is 12.0. The largest absolute Gasteiger partial charge is 0.451 e. The quantitative estimate of drug-likeness (QED) is 0.816. The van der Waals surface area contributed by atoms with Gasteiger partial charge in [0.1, 0.15) is 18.7 Å². The van der Waals surface area contributed by atoms with Gasteiger partial charge >= 0.3 is 5.97 Å². The van der Waals surface area contributed by atoms with Crippen molar-refractivity contribution >= 4 is 17.6 Å². The van der Waals surface area contributed by atoms with Crippen LogP contribution in [0.25, 0.3) is 0 Å². The minimum absolute atomic E-state index is 0.205. The van der Waals surface area contributed by atoms with E-state index in [4.69, 9.17) is 4.74 Å². The van der Waals surface area contributed by atoms with Gasteiger partial charge in [-0.3, -0.25) is 9.59 Å². The van der Waals surface area contributed by atoms with Crippen LogP contribution >= 0.6 is 0 Å². The summed E-state index contributed by atoms with van der Waals surface area (Å²) in [6.07, 6.45) is 0.217. The molecule has 0 saturated carbocycles. The fraction of sp³-hybridized carbons (Fsp3) is 0.308. The third kappa shape index (κ3) is 4.08. The lowest BCUT2D eigenvalue weighted by atomic mass is 10.2. The summed E-state index contributed by atoms with van der Waals surface area (Å²) < 4.78 is 19.5. The van der Waals surface area contributed by atoms with Gasteiger partial charge in [-0.15, -0.1) is 5.10 Å². The summed E-state index contributed by atoms with van der Waals surface area (Å²) in [5.41, 5.74) is 0.760. The summed E-state index contributed by atoms with van der Waals surface area (Å²) in [4.78, 5) is 23.5. The average Bonchev–Trinajstić information content (AvgIpc) is 2.95. The number of ether oxygens (including phenoxy) is 1. The van der Waals surface area contributed by atoms with Gasteiger partial charge in [-0.25, -0.2) is 9.07 Å². The van der Waals surface area contributed by atoms with Crippen molar-refractivity contribution in [3.63, 3.8) is 0 Å². The Kier molecular flexibility index (Phi) is 4.77. The number of aromatic nitrogens is 4. The van der Waals surface area contributed by atoms with Gasteiger partial charge in [0.15, 0.2) is 6.10 Å². The molecule has 116 valence electrons. The predicted molar refractivity (Wildman–Crippen MR) is 73.1 cm³/mol. The van der Waals surface area contributed by atoms with E-state index in [2.05, 4.69) is 20.8 Å². The maximum Gasteiger partial charge on any atom is 0.328 e. The van der Waals surface area contributed by atoms with Gasteiger partial charge in [-0.05, 0) is 42.0 Å². The lowest BCUT2D eigenvalue weighted by molar-refractivity contribution is -0.153. The summed E-state index contributed by atoms with van der Waals surface area (Å²) in [5, 5.41) is 12.7. The van der Waals surface area contributed by atoms with Crippen molar-refractivity contribution in [1.29, 1.82) is 0 Å². The molecule has 1 aromatic heterocycles. The number of benzene rings is 1. The van der Waals surface area contributed by atoms with Gasteiger partial charge in [-0.2, -0.15) is 0 Å². The molecule has 2 rings (SSSR count). The Morgan fingerprint density at radius 2 is 2.23 bits per heavy atom. The summed E-state index contributed by atoms with van der Waals surface area (Å²) in [6, 6.07) is 4.30. The van der Waals surface area contributed by atoms with E-state index in [1.54, 1.807) is 19.1 Å². The molecule has 22 heavy (non-hydrogen) atoms. The second-order valence-corrected chi connectivity index (χ2v) is 4.59. The van der Waals surface area contributed by atoms with Gasteiger partial charge in [0, 0.05) is 5.69 Å². The van der Waals surface area contributed by atoms with Gasteiger partial charge in [-0.1, -0.05) is 6.07 Å². The van der Waals surface area contributed by atoms with Gasteiger partial charge in [0.2, 0.25) is 0 Å². The molecular formula is C13H14FN5O3. The van der Waals surface area contributed by atoms with Crippen molar-refractivity contribution in [3.05, 3.63) is 35.9 Å². The molecule has 1 aromatic carbocycles.